The number of hydrogen-bond acceptors (Lipinski definition) is 12. The van der Waals surface area contributed by atoms with Crippen LogP contribution in [0.25, 0.3) is 0 Å². The summed E-state index contributed by atoms with van der Waals surface area (Å²) in [5.41, 5.74) is 3.76. The number of aryl methyl sites for hydroxylation is 1. The highest BCUT2D eigenvalue weighted by Gasteiger charge is 2.19. The summed E-state index contributed by atoms with van der Waals surface area (Å²) in [6.07, 6.45) is 3.30. The molecule has 284 valence electrons. The number of nitrogens with zero attached hydrogens (tertiary/aromatic N) is 4. The van der Waals surface area contributed by atoms with E-state index in [1.165, 1.54) is 7.11 Å². The zero-order chi connectivity index (χ0) is 37.4. The first kappa shape index (κ1) is 41.9. The van der Waals surface area contributed by atoms with Crippen LogP contribution in [0.3, 0.4) is 0 Å². The van der Waals surface area contributed by atoms with Gasteiger partial charge in [-0.1, -0.05) is 49.4 Å². The maximum absolute atomic E-state index is 12.4. The number of benzene rings is 2. The van der Waals surface area contributed by atoms with E-state index >= 15 is 0 Å². The number of hydrogen-bond donors (Lipinski definition) is 2. The second kappa shape index (κ2) is 24.6. The number of amides is 2. The molecule has 1 aliphatic heterocycles. The van der Waals surface area contributed by atoms with Crippen molar-refractivity contribution in [3.05, 3.63) is 77.1 Å². The maximum atomic E-state index is 12.4. The Morgan fingerprint density at radius 1 is 0.827 bits per heavy atom. The summed E-state index contributed by atoms with van der Waals surface area (Å²) in [7, 11) is 2.91. The summed E-state index contributed by atoms with van der Waals surface area (Å²) in [4.78, 5) is 38.9. The fourth-order valence-electron chi connectivity index (χ4n) is 4.59. The second-order valence-corrected chi connectivity index (χ2v) is 12.0. The zero-order valence-corrected chi connectivity index (χ0v) is 30.6. The number of methoxy groups -OCH3 is 1. The Kier molecular flexibility index (Phi) is 19.8. The molecular weight excluding hydrogens is 672 g/mol. The Hall–Kier alpha value is -4.54. The van der Waals surface area contributed by atoms with Crippen molar-refractivity contribution in [2.75, 3.05) is 73.6 Å². The Balaban J connectivity index is 0.000000292. The molecule has 0 bridgehead atoms. The van der Waals surface area contributed by atoms with Crippen LogP contribution in [-0.2, 0) is 52.8 Å². The minimum atomic E-state index is -0.549. The highest BCUT2D eigenvalue weighted by molar-refractivity contribution is 6.10. The third-order valence-corrected chi connectivity index (χ3v) is 7.43. The van der Waals surface area contributed by atoms with Crippen LogP contribution in [-0.4, -0.2) is 112 Å². The van der Waals surface area contributed by atoms with Crippen LogP contribution in [0, 0.1) is 5.92 Å². The molecule has 0 saturated carbocycles. The molecule has 0 saturated heterocycles. The van der Waals surface area contributed by atoms with E-state index < -0.39 is 6.09 Å². The van der Waals surface area contributed by atoms with E-state index in [4.69, 9.17) is 23.7 Å². The van der Waals surface area contributed by atoms with Gasteiger partial charge in [0, 0.05) is 37.6 Å². The van der Waals surface area contributed by atoms with Crippen molar-refractivity contribution in [2.24, 2.45) is 10.9 Å². The molecule has 52 heavy (non-hydrogen) atoms. The van der Waals surface area contributed by atoms with Crippen molar-refractivity contribution in [1.29, 1.82) is 0 Å². The van der Waals surface area contributed by atoms with Crippen molar-refractivity contribution in [1.82, 2.24) is 25.6 Å². The molecule has 3 aromatic rings. The third kappa shape index (κ3) is 16.7. The number of amidine groups is 1. The molecule has 0 aliphatic carbocycles. The molecule has 1 aliphatic rings. The molecule has 0 spiro atoms. The van der Waals surface area contributed by atoms with Gasteiger partial charge in [-0.25, -0.2) is 9.79 Å². The van der Waals surface area contributed by atoms with E-state index in [1.54, 1.807) is 31.3 Å². The molecule has 2 aromatic carbocycles. The lowest BCUT2D eigenvalue weighted by Gasteiger charge is -2.07. The van der Waals surface area contributed by atoms with Crippen LogP contribution in [0.2, 0.25) is 0 Å². The van der Waals surface area contributed by atoms with Gasteiger partial charge >= 0.3 is 6.09 Å². The number of ketones is 1. The van der Waals surface area contributed by atoms with Gasteiger partial charge in [-0.15, -0.1) is 5.10 Å². The lowest BCUT2D eigenvalue weighted by molar-refractivity contribution is -0.121. The third-order valence-electron chi connectivity index (χ3n) is 7.43. The normalized spacial score (nSPS) is 11.8. The number of alkyl carbamates (subject to hydrolysis) is 1. The molecule has 2 amide bonds. The van der Waals surface area contributed by atoms with Crippen molar-refractivity contribution >= 4 is 29.3 Å². The molecule has 1 aromatic heterocycles. The average molecular weight is 725 g/mol. The van der Waals surface area contributed by atoms with Gasteiger partial charge in [-0.2, -0.15) is 0 Å². The number of carbonyl (C=O) groups is 3. The Morgan fingerprint density at radius 2 is 1.46 bits per heavy atom. The van der Waals surface area contributed by atoms with Crippen molar-refractivity contribution in [3.63, 3.8) is 0 Å². The van der Waals surface area contributed by atoms with E-state index in [0.717, 1.165) is 29.9 Å². The summed E-state index contributed by atoms with van der Waals surface area (Å²) in [6, 6.07) is 14.5. The smallest absolute Gasteiger partial charge is 0.412 e. The minimum absolute atomic E-state index is 0.0281. The number of rotatable bonds is 22. The van der Waals surface area contributed by atoms with Gasteiger partial charge in [0.05, 0.1) is 85.1 Å². The van der Waals surface area contributed by atoms with Crippen LogP contribution < -0.4 is 10.6 Å². The van der Waals surface area contributed by atoms with Gasteiger partial charge in [0.2, 0.25) is 5.91 Å². The first-order valence-corrected chi connectivity index (χ1v) is 17.4. The molecule has 15 heteroatoms. The molecule has 0 atom stereocenters. The van der Waals surface area contributed by atoms with Gasteiger partial charge in [0.25, 0.3) is 0 Å². The number of fused-ring (bicyclic) bond motifs is 1. The van der Waals surface area contributed by atoms with E-state index in [0.29, 0.717) is 102 Å². The van der Waals surface area contributed by atoms with Crippen LogP contribution in [0.15, 0.2) is 59.7 Å². The highest BCUT2D eigenvalue weighted by Crippen LogP contribution is 2.28. The van der Waals surface area contributed by atoms with Crippen molar-refractivity contribution in [2.45, 2.75) is 46.3 Å². The summed E-state index contributed by atoms with van der Waals surface area (Å²) in [5.74, 6) is 1.11. The van der Waals surface area contributed by atoms with Gasteiger partial charge in [0.15, 0.2) is 5.78 Å². The lowest BCUT2D eigenvalue weighted by atomic mass is 10.00. The molecule has 0 unspecified atom stereocenters. The predicted molar refractivity (Wildman–Crippen MR) is 194 cm³/mol. The average Bonchev–Trinajstić information content (AvgIpc) is 3.79. The Bertz CT molecular complexity index is 1530. The number of aliphatic imine (C=N–C) groups is 1. The molecule has 0 radical (unpaired) electrons. The van der Waals surface area contributed by atoms with Gasteiger partial charge in [0.1, 0.15) is 11.5 Å². The van der Waals surface area contributed by atoms with Crippen LogP contribution in [0.4, 0.5) is 10.5 Å². The number of ether oxygens (including phenoxy) is 6. The molecule has 2 N–H and O–H groups in total. The molecule has 2 heterocycles. The minimum Gasteiger partial charge on any atom is -0.453 e. The van der Waals surface area contributed by atoms with E-state index in [-0.39, 0.29) is 11.7 Å². The van der Waals surface area contributed by atoms with E-state index in [9.17, 15) is 14.4 Å². The predicted octanol–water partition coefficient (Wildman–Crippen LogP) is 3.90. The van der Waals surface area contributed by atoms with Crippen molar-refractivity contribution in [3.8, 4) is 0 Å². The number of aromatic nitrogens is 3. The summed E-state index contributed by atoms with van der Waals surface area (Å²) in [5, 5.41) is 13.3. The standard InChI is InChI=1S/C20H38N4O6.C17H14N2O3/c1-18(2)4-6-24-16-19(22-23-24)17-30-15-14-29-13-12-28-11-10-27-9-8-26-7-5-20(25)21-3;1-22-17(21)19-15-10-13-9-12(7-8-14(13)18-15)16(20)11-5-3-2-4-6-11/h16,18H,4-15,17H2,1-3H3,(H,21,25);2-9H,10H2,1H3,(H,18,19,21). The van der Waals surface area contributed by atoms with E-state index in [1.807, 2.05) is 35.1 Å². The second-order valence-electron chi connectivity index (χ2n) is 12.0. The van der Waals surface area contributed by atoms with Gasteiger partial charge < -0.3 is 33.7 Å². The first-order chi connectivity index (χ1) is 25.3. The Labute approximate surface area is 305 Å². The maximum Gasteiger partial charge on any atom is 0.412 e. The topological polar surface area (TPSA) is 174 Å². The highest BCUT2D eigenvalue weighted by atomic mass is 16.6. The summed E-state index contributed by atoms with van der Waals surface area (Å²) in [6.45, 7) is 10.1. The van der Waals surface area contributed by atoms with Gasteiger partial charge in [-0.3, -0.25) is 19.6 Å². The van der Waals surface area contributed by atoms with Crippen molar-refractivity contribution < 1.29 is 42.8 Å². The monoisotopic (exact) mass is 724 g/mol. The van der Waals surface area contributed by atoms with Crippen LogP contribution in [0.1, 0.15) is 53.9 Å². The lowest BCUT2D eigenvalue weighted by Crippen LogP contribution is -2.30. The summed E-state index contributed by atoms with van der Waals surface area (Å²) < 4.78 is 33.5. The zero-order valence-electron chi connectivity index (χ0n) is 30.6. The fourth-order valence-corrected chi connectivity index (χ4v) is 4.59. The Morgan fingerprint density at radius 3 is 2.08 bits per heavy atom. The largest absolute Gasteiger partial charge is 0.453 e. The SMILES string of the molecule is CNC(=O)CCOCCOCCOCCOCCOCc1cn(CCC(C)C)nn1.COC(=O)NC1=Nc2ccc(C(=O)c3ccccc3)cc2C1. The summed E-state index contributed by atoms with van der Waals surface area (Å²) >= 11 is 0. The number of carbonyl (C=O) groups excluding carboxylic acids is 3. The molecule has 4 rings (SSSR count). The van der Waals surface area contributed by atoms with Crippen LogP contribution in [0.5, 0.6) is 0 Å². The van der Waals surface area contributed by atoms with Crippen LogP contribution >= 0.6 is 0 Å². The fraction of sp³-hybridized carbons (Fsp3) is 0.514. The molecule has 15 nitrogen and oxygen atoms in total. The molecular formula is C37H52N6O9. The van der Waals surface area contributed by atoms with Gasteiger partial charge in [-0.05, 0) is 36.1 Å². The first-order valence-electron chi connectivity index (χ1n) is 17.4. The molecule has 0 fully saturated rings. The van der Waals surface area contributed by atoms with E-state index in [2.05, 4.69) is 44.5 Å². The number of nitrogens with one attached hydrogen (secondary N) is 2. The quantitative estimate of drug-likeness (QED) is 0.114.